The molecular weight excluding hydrogens is 264 g/mol. The summed E-state index contributed by atoms with van der Waals surface area (Å²) in [6.07, 6.45) is 1.60. The lowest BCUT2D eigenvalue weighted by Crippen LogP contribution is -1.91. The van der Waals surface area contributed by atoms with Crippen molar-refractivity contribution >= 4 is 23.5 Å². The summed E-state index contributed by atoms with van der Waals surface area (Å²) in [5.41, 5.74) is 4.40. The number of hydrogen-bond acceptors (Lipinski definition) is 4. The van der Waals surface area contributed by atoms with Gasteiger partial charge in [0.05, 0.1) is 19.0 Å². The smallest absolute Gasteiger partial charge is 0.160 e. The van der Waals surface area contributed by atoms with Gasteiger partial charge in [0.25, 0.3) is 0 Å². The van der Waals surface area contributed by atoms with Crippen LogP contribution in [-0.2, 0) is 0 Å². The van der Waals surface area contributed by atoms with Gasteiger partial charge in [-0.15, -0.1) is 0 Å². The lowest BCUT2D eigenvalue weighted by atomic mass is 10.2. The molecule has 0 aromatic heterocycles. The zero-order valence-corrected chi connectivity index (χ0v) is 11.1. The molecule has 4 nitrogen and oxygen atoms in total. The van der Waals surface area contributed by atoms with E-state index < -0.39 is 0 Å². The first-order valence-electron chi connectivity index (χ1n) is 5.60. The Balaban J connectivity index is 2.05. The van der Waals surface area contributed by atoms with Gasteiger partial charge in [0.1, 0.15) is 0 Å². The monoisotopic (exact) mass is 276 g/mol. The van der Waals surface area contributed by atoms with Crippen molar-refractivity contribution in [1.82, 2.24) is 0 Å². The van der Waals surface area contributed by atoms with Crippen LogP contribution in [0.1, 0.15) is 5.56 Å². The molecule has 19 heavy (non-hydrogen) atoms. The van der Waals surface area contributed by atoms with Gasteiger partial charge in [-0.05, 0) is 42.0 Å². The van der Waals surface area contributed by atoms with Crippen molar-refractivity contribution in [1.29, 1.82) is 0 Å². The summed E-state index contributed by atoms with van der Waals surface area (Å²) in [5, 5.41) is 14.3. The molecule has 0 aliphatic rings. The van der Waals surface area contributed by atoms with Crippen molar-refractivity contribution in [3.05, 3.63) is 53.1 Å². The van der Waals surface area contributed by atoms with Crippen LogP contribution >= 0.6 is 11.6 Å². The minimum Gasteiger partial charge on any atom is -0.504 e. The first-order chi connectivity index (χ1) is 9.19. The van der Waals surface area contributed by atoms with Crippen LogP contribution in [0.25, 0.3) is 0 Å². The summed E-state index contributed by atoms with van der Waals surface area (Å²) in [5.74, 6) is 0.508. The molecule has 0 unspecified atom stereocenters. The van der Waals surface area contributed by atoms with E-state index in [9.17, 15) is 5.11 Å². The molecule has 2 N–H and O–H groups in total. The van der Waals surface area contributed by atoms with E-state index in [1.165, 1.54) is 7.11 Å². The van der Waals surface area contributed by atoms with E-state index in [0.29, 0.717) is 10.8 Å². The molecular formula is C14H13ClN2O2. The molecule has 0 saturated heterocycles. The Morgan fingerprint density at radius 2 is 2.11 bits per heavy atom. The van der Waals surface area contributed by atoms with Crippen molar-refractivity contribution in [2.75, 3.05) is 12.5 Å². The zero-order valence-electron chi connectivity index (χ0n) is 10.3. The van der Waals surface area contributed by atoms with Crippen LogP contribution in [0.2, 0.25) is 5.02 Å². The van der Waals surface area contributed by atoms with Gasteiger partial charge in [0.2, 0.25) is 0 Å². The Hall–Kier alpha value is -2.20. The van der Waals surface area contributed by atoms with Gasteiger partial charge >= 0.3 is 0 Å². The number of hydrazone groups is 1. The fourth-order valence-electron chi connectivity index (χ4n) is 1.53. The number of nitrogens with one attached hydrogen (secondary N) is 1. The molecule has 0 saturated carbocycles. The van der Waals surface area contributed by atoms with Crippen LogP contribution in [0, 0.1) is 0 Å². The Bertz CT molecular complexity index is 600. The fraction of sp³-hybridized carbons (Fsp3) is 0.0714. The van der Waals surface area contributed by atoms with Gasteiger partial charge < -0.3 is 9.84 Å². The maximum Gasteiger partial charge on any atom is 0.160 e. The summed E-state index contributed by atoms with van der Waals surface area (Å²) in [7, 11) is 1.50. The molecule has 0 heterocycles. The molecule has 0 fully saturated rings. The number of hydrogen-bond donors (Lipinski definition) is 2. The van der Waals surface area contributed by atoms with Crippen molar-refractivity contribution < 1.29 is 9.84 Å². The summed E-state index contributed by atoms with van der Waals surface area (Å²) < 4.78 is 4.96. The van der Waals surface area contributed by atoms with E-state index in [1.807, 2.05) is 12.1 Å². The molecule has 2 aromatic carbocycles. The highest BCUT2D eigenvalue weighted by Gasteiger charge is 2.00. The minimum absolute atomic E-state index is 0.0780. The van der Waals surface area contributed by atoms with Crippen molar-refractivity contribution in [2.24, 2.45) is 5.10 Å². The summed E-state index contributed by atoms with van der Waals surface area (Å²) in [4.78, 5) is 0. The maximum absolute atomic E-state index is 9.62. The number of benzene rings is 2. The standard InChI is InChI=1S/C14H13ClN2O2/c1-19-14-6-5-10(7-13(14)18)9-16-17-12-4-2-3-11(15)8-12/h2-9,17-18H,1H3/b16-9-. The van der Waals surface area contributed by atoms with Gasteiger partial charge in [-0.2, -0.15) is 5.10 Å². The molecule has 98 valence electrons. The molecule has 0 atom stereocenters. The van der Waals surface area contributed by atoms with Gasteiger partial charge in [0, 0.05) is 5.02 Å². The summed E-state index contributed by atoms with van der Waals surface area (Å²) >= 11 is 5.86. The third kappa shape index (κ3) is 3.63. The van der Waals surface area contributed by atoms with Crippen molar-refractivity contribution in [3.63, 3.8) is 0 Å². The summed E-state index contributed by atoms with van der Waals surface area (Å²) in [6.45, 7) is 0. The topological polar surface area (TPSA) is 53.8 Å². The molecule has 0 amide bonds. The number of phenolic OH excluding ortho intramolecular Hbond substituents is 1. The van der Waals surface area contributed by atoms with Crippen LogP contribution in [0.3, 0.4) is 0 Å². The van der Waals surface area contributed by atoms with Crippen LogP contribution in [0.15, 0.2) is 47.6 Å². The molecule has 2 rings (SSSR count). The van der Waals surface area contributed by atoms with E-state index in [1.54, 1.807) is 36.5 Å². The highest BCUT2D eigenvalue weighted by molar-refractivity contribution is 6.30. The predicted octanol–water partition coefficient (Wildman–Crippen LogP) is 3.50. The Labute approximate surface area is 116 Å². The number of anilines is 1. The second-order valence-electron chi connectivity index (χ2n) is 3.81. The molecule has 5 heteroatoms. The Kier molecular flexibility index (Phi) is 4.26. The van der Waals surface area contributed by atoms with E-state index in [0.717, 1.165) is 11.3 Å². The largest absolute Gasteiger partial charge is 0.504 e. The lowest BCUT2D eigenvalue weighted by molar-refractivity contribution is 0.373. The van der Waals surface area contributed by atoms with Crippen LogP contribution < -0.4 is 10.2 Å². The molecule has 0 bridgehead atoms. The van der Waals surface area contributed by atoms with Gasteiger partial charge in [0.15, 0.2) is 11.5 Å². The average Bonchev–Trinajstić information content (AvgIpc) is 2.39. The van der Waals surface area contributed by atoms with Gasteiger partial charge in [-0.25, -0.2) is 0 Å². The van der Waals surface area contributed by atoms with Crippen molar-refractivity contribution in [2.45, 2.75) is 0 Å². The number of aromatic hydroxyl groups is 1. The average molecular weight is 277 g/mol. The molecule has 0 spiro atoms. The first kappa shape index (κ1) is 13.2. The van der Waals surface area contributed by atoms with Crippen LogP contribution in [0.4, 0.5) is 5.69 Å². The quantitative estimate of drug-likeness (QED) is 0.664. The van der Waals surface area contributed by atoms with Crippen LogP contribution in [0.5, 0.6) is 11.5 Å². The third-order valence-corrected chi connectivity index (χ3v) is 2.67. The number of rotatable bonds is 4. The SMILES string of the molecule is COc1ccc(/C=N\Nc2cccc(Cl)c2)cc1O. The van der Waals surface area contributed by atoms with Crippen molar-refractivity contribution in [3.8, 4) is 11.5 Å². The van der Waals surface area contributed by atoms with Gasteiger partial charge in [-0.1, -0.05) is 17.7 Å². The number of methoxy groups -OCH3 is 1. The molecule has 2 aromatic rings. The normalized spacial score (nSPS) is 10.6. The maximum atomic E-state index is 9.62. The predicted molar refractivity (Wildman–Crippen MR) is 77.3 cm³/mol. The Morgan fingerprint density at radius 3 is 2.79 bits per heavy atom. The minimum atomic E-state index is 0.0780. The van der Waals surface area contributed by atoms with Crippen LogP contribution in [-0.4, -0.2) is 18.4 Å². The highest BCUT2D eigenvalue weighted by atomic mass is 35.5. The van der Waals surface area contributed by atoms with E-state index in [-0.39, 0.29) is 5.75 Å². The van der Waals surface area contributed by atoms with Gasteiger partial charge in [-0.3, -0.25) is 5.43 Å². The second kappa shape index (κ2) is 6.11. The second-order valence-corrected chi connectivity index (χ2v) is 4.25. The van der Waals surface area contributed by atoms with E-state index in [4.69, 9.17) is 16.3 Å². The Morgan fingerprint density at radius 1 is 1.26 bits per heavy atom. The third-order valence-electron chi connectivity index (χ3n) is 2.43. The number of nitrogens with zero attached hydrogens (tertiary/aromatic N) is 1. The zero-order chi connectivity index (χ0) is 13.7. The number of halogens is 1. The fourth-order valence-corrected chi connectivity index (χ4v) is 1.72. The summed E-state index contributed by atoms with van der Waals surface area (Å²) in [6, 6.07) is 12.3. The first-order valence-corrected chi connectivity index (χ1v) is 5.98. The molecule has 0 aliphatic carbocycles. The molecule has 0 aliphatic heterocycles. The number of ether oxygens (including phenoxy) is 1. The highest BCUT2D eigenvalue weighted by Crippen LogP contribution is 2.25. The number of phenols is 1. The molecule has 0 radical (unpaired) electrons. The van der Waals surface area contributed by atoms with E-state index in [2.05, 4.69) is 10.5 Å². The lowest BCUT2D eigenvalue weighted by Gasteiger charge is -2.03. The van der Waals surface area contributed by atoms with E-state index >= 15 is 0 Å².